The maximum atomic E-state index is 13.2. The molecule has 1 aliphatic rings. The van der Waals surface area contributed by atoms with E-state index in [2.05, 4.69) is 4.90 Å². The normalized spacial score (nSPS) is 15.7. The van der Waals surface area contributed by atoms with Crippen molar-refractivity contribution in [1.82, 2.24) is 4.31 Å². The van der Waals surface area contributed by atoms with Crippen LogP contribution in [0.5, 0.6) is 0 Å². The van der Waals surface area contributed by atoms with Gasteiger partial charge in [-0.25, -0.2) is 21.1 Å². The minimum Gasteiger partial charge on any atom is -0.371 e. The molecule has 0 atom stereocenters. The first-order chi connectivity index (χ1) is 13.6. The van der Waals surface area contributed by atoms with Crippen molar-refractivity contribution in [2.75, 3.05) is 32.1 Å². The van der Waals surface area contributed by atoms with Crippen LogP contribution in [0.4, 0.5) is 5.69 Å². The molecular formula is C20H25ClN2O4S2. The highest BCUT2D eigenvalue weighted by molar-refractivity contribution is 7.91. The van der Waals surface area contributed by atoms with Crippen LogP contribution in [-0.4, -0.2) is 48.3 Å². The van der Waals surface area contributed by atoms with E-state index in [4.69, 9.17) is 11.6 Å². The first kappa shape index (κ1) is 22.1. The van der Waals surface area contributed by atoms with Crippen molar-refractivity contribution >= 4 is 37.1 Å². The SMILES string of the molecule is CN(C)S(=O)(=O)c1ccc(Cl)c(S(=O)(=O)Cc2ccccc2N2CCCCC2)c1. The molecule has 0 N–H and O–H groups in total. The number of benzene rings is 2. The molecule has 0 radical (unpaired) electrons. The van der Waals surface area contributed by atoms with E-state index in [1.807, 2.05) is 18.2 Å². The Labute approximate surface area is 178 Å². The zero-order valence-electron chi connectivity index (χ0n) is 16.5. The Kier molecular flexibility index (Phi) is 6.57. The molecule has 1 saturated heterocycles. The Balaban J connectivity index is 1.99. The molecule has 1 aliphatic heterocycles. The topological polar surface area (TPSA) is 74.8 Å². The number of piperidine rings is 1. The third-order valence-electron chi connectivity index (χ3n) is 5.05. The van der Waals surface area contributed by atoms with Crippen molar-refractivity contribution in [3.8, 4) is 0 Å². The molecule has 0 spiro atoms. The van der Waals surface area contributed by atoms with Crippen molar-refractivity contribution in [2.45, 2.75) is 34.8 Å². The largest absolute Gasteiger partial charge is 0.371 e. The summed E-state index contributed by atoms with van der Waals surface area (Å²) in [6.45, 7) is 1.79. The monoisotopic (exact) mass is 456 g/mol. The molecule has 0 amide bonds. The van der Waals surface area contributed by atoms with Crippen LogP contribution in [0, 0.1) is 0 Å². The second kappa shape index (κ2) is 8.63. The summed E-state index contributed by atoms with van der Waals surface area (Å²) in [6.07, 6.45) is 3.34. The van der Waals surface area contributed by atoms with Gasteiger partial charge in [-0.15, -0.1) is 0 Å². The summed E-state index contributed by atoms with van der Waals surface area (Å²) in [5.74, 6) is -0.245. The number of para-hydroxylation sites is 1. The lowest BCUT2D eigenvalue weighted by Gasteiger charge is -2.30. The first-order valence-corrected chi connectivity index (χ1v) is 12.9. The van der Waals surface area contributed by atoms with Gasteiger partial charge >= 0.3 is 0 Å². The van der Waals surface area contributed by atoms with Crippen molar-refractivity contribution in [1.29, 1.82) is 0 Å². The van der Waals surface area contributed by atoms with Crippen molar-refractivity contribution in [3.63, 3.8) is 0 Å². The molecule has 0 aromatic heterocycles. The van der Waals surface area contributed by atoms with E-state index in [1.54, 1.807) is 6.07 Å². The summed E-state index contributed by atoms with van der Waals surface area (Å²) < 4.78 is 52.3. The lowest BCUT2D eigenvalue weighted by atomic mass is 10.1. The van der Waals surface area contributed by atoms with Gasteiger partial charge in [-0.3, -0.25) is 0 Å². The van der Waals surface area contributed by atoms with Crippen molar-refractivity contribution in [3.05, 3.63) is 53.1 Å². The van der Waals surface area contributed by atoms with E-state index >= 15 is 0 Å². The van der Waals surface area contributed by atoms with Gasteiger partial charge in [-0.05, 0) is 49.1 Å². The Morgan fingerprint density at radius 1 is 0.966 bits per heavy atom. The van der Waals surface area contributed by atoms with Crippen LogP contribution in [0.3, 0.4) is 0 Å². The summed E-state index contributed by atoms with van der Waals surface area (Å²) in [5, 5.41) is 0.0122. The van der Waals surface area contributed by atoms with Gasteiger partial charge in [0.25, 0.3) is 0 Å². The molecule has 1 heterocycles. The van der Waals surface area contributed by atoms with Crippen molar-refractivity contribution < 1.29 is 16.8 Å². The number of nitrogens with zero attached hydrogens (tertiary/aromatic N) is 2. The summed E-state index contributed by atoms with van der Waals surface area (Å²) in [4.78, 5) is 1.94. The number of sulfone groups is 1. The van der Waals surface area contributed by atoms with Crippen LogP contribution < -0.4 is 4.90 Å². The minimum atomic E-state index is -3.86. The predicted molar refractivity (Wildman–Crippen MR) is 116 cm³/mol. The lowest BCUT2D eigenvalue weighted by molar-refractivity contribution is 0.520. The predicted octanol–water partition coefficient (Wildman–Crippen LogP) is 3.55. The fourth-order valence-corrected chi connectivity index (χ4v) is 6.41. The fourth-order valence-electron chi connectivity index (χ4n) is 3.45. The molecule has 158 valence electrons. The van der Waals surface area contributed by atoms with E-state index < -0.39 is 19.9 Å². The third-order valence-corrected chi connectivity index (χ3v) is 9.00. The second-order valence-corrected chi connectivity index (χ2v) is 11.8. The standard InChI is InChI=1S/C20H25ClN2O4S2/c1-22(2)29(26,27)17-10-11-18(21)20(14-17)28(24,25)15-16-8-4-5-9-19(16)23-12-6-3-7-13-23/h4-5,8-11,14H,3,6-7,12-13,15H2,1-2H3. The summed E-state index contributed by atoms with van der Waals surface area (Å²) >= 11 is 6.17. The number of hydrogen-bond donors (Lipinski definition) is 0. The molecule has 1 fully saturated rings. The van der Waals surface area contributed by atoms with Crippen LogP contribution >= 0.6 is 11.6 Å². The minimum absolute atomic E-state index is 0.0122. The summed E-state index contributed by atoms with van der Waals surface area (Å²) in [6, 6.07) is 11.2. The molecular weight excluding hydrogens is 432 g/mol. The quantitative estimate of drug-likeness (QED) is 0.664. The van der Waals surface area contributed by atoms with Gasteiger partial charge < -0.3 is 4.90 Å². The van der Waals surface area contributed by atoms with Gasteiger partial charge in [0, 0.05) is 32.9 Å². The van der Waals surface area contributed by atoms with E-state index in [-0.39, 0.29) is 20.6 Å². The van der Waals surface area contributed by atoms with Gasteiger partial charge in [0.05, 0.1) is 20.6 Å². The average molecular weight is 457 g/mol. The molecule has 0 bridgehead atoms. The zero-order valence-corrected chi connectivity index (χ0v) is 18.9. The highest BCUT2D eigenvalue weighted by Gasteiger charge is 2.26. The van der Waals surface area contributed by atoms with Crippen LogP contribution in [0.15, 0.2) is 52.3 Å². The second-order valence-electron chi connectivity index (χ2n) is 7.32. The van der Waals surface area contributed by atoms with Crippen LogP contribution in [-0.2, 0) is 25.6 Å². The van der Waals surface area contributed by atoms with Gasteiger partial charge in [-0.1, -0.05) is 29.8 Å². The van der Waals surface area contributed by atoms with E-state index in [1.165, 1.54) is 32.6 Å². The summed E-state index contributed by atoms with van der Waals surface area (Å²) in [7, 11) is -4.84. The molecule has 2 aromatic carbocycles. The van der Waals surface area contributed by atoms with E-state index in [0.717, 1.165) is 42.0 Å². The summed E-state index contributed by atoms with van der Waals surface area (Å²) in [5.41, 5.74) is 1.59. The molecule has 0 saturated carbocycles. The fraction of sp³-hybridized carbons (Fsp3) is 0.400. The number of anilines is 1. The Morgan fingerprint density at radius 3 is 2.28 bits per heavy atom. The van der Waals surface area contributed by atoms with E-state index in [0.29, 0.717) is 5.56 Å². The Hall–Kier alpha value is -1.61. The highest BCUT2D eigenvalue weighted by Crippen LogP contribution is 2.31. The maximum Gasteiger partial charge on any atom is 0.242 e. The third kappa shape index (κ3) is 4.77. The smallest absolute Gasteiger partial charge is 0.242 e. The Morgan fingerprint density at radius 2 is 1.62 bits per heavy atom. The first-order valence-electron chi connectivity index (χ1n) is 9.40. The molecule has 29 heavy (non-hydrogen) atoms. The van der Waals surface area contributed by atoms with Crippen molar-refractivity contribution in [2.24, 2.45) is 0 Å². The molecule has 0 aliphatic carbocycles. The molecule has 2 aromatic rings. The van der Waals surface area contributed by atoms with Gasteiger partial charge in [0.1, 0.15) is 0 Å². The lowest BCUT2D eigenvalue weighted by Crippen LogP contribution is -2.30. The molecule has 6 nitrogen and oxygen atoms in total. The number of sulfonamides is 1. The van der Waals surface area contributed by atoms with Gasteiger partial charge in [-0.2, -0.15) is 0 Å². The van der Waals surface area contributed by atoms with Crippen LogP contribution in [0.2, 0.25) is 5.02 Å². The van der Waals surface area contributed by atoms with E-state index in [9.17, 15) is 16.8 Å². The maximum absolute atomic E-state index is 13.2. The highest BCUT2D eigenvalue weighted by atomic mass is 35.5. The van der Waals surface area contributed by atoms with Crippen LogP contribution in [0.1, 0.15) is 24.8 Å². The number of halogens is 1. The number of rotatable bonds is 6. The Bertz CT molecular complexity index is 1090. The zero-order chi connectivity index (χ0) is 21.2. The average Bonchev–Trinajstić information content (AvgIpc) is 2.68. The molecule has 9 heteroatoms. The molecule has 3 rings (SSSR count). The van der Waals surface area contributed by atoms with Gasteiger partial charge in [0.2, 0.25) is 10.0 Å². The van der Waals surface area contributed by atoms with Gasteiger partial charge in [0.15, 0.2) is 9.84 Å². The molecule has 0 unspecified atom stereocenters. The van der Waals surface area contributed by atoms with Crippen LogP contribution in [0.25, 0.3) is 0 Å². The number of hydrogen-bond acceptors (Lipinski definition) is 5.